The van der Waals surface area contributed by atoms with Crippen molar-refractivity contribution in [2.45, 2.75) is 57.9 Å². The maximum Gasteiger partial charge on any atom is 0.305 e. The fraction of sp³-hybridized carbons (Fsp3) is 0.522. The highest BCUT2D eigenvalue weighted by Crippen LogP contribution is 2.37. The van der Waals surface area contributed by atoms with Crippen molar-refractivity contribution in [3.63, 3.8) is 0 Å². The molecule has 1 unspecified atom stereocenters. The number of pyridine rings is 1. The van der Waals surface area contributed by atoms with Crippen LogP contribution in [0.15, 0.2) is 24.5 Å². The number of carbonyl (C=O) groups is 2. The van der Waals surface area contributed by atoms with Gasteiger partial charge in [0.2, 0.25) is 5.91 Å². The van der Waals surface area contributed by atoms with Crippen LogP contribution in [0.1, 0.15) is 60.8 Å². The SMILES string of the molecule is Cc1ncc(C(CC(=O)O)NC(=O)C2CC(CCc3ccc4c(n3)NCCC4)C2)cn1. The highest BCUT2D eigenvalue weighted by molar-refractivity contribution is 5.80. The zero-order valence-corrected chi connectivity index (χ0v) is 17.8. The summed E-state index contributed by atoms with van der Waals surface area (Å²) in [4.78, 5) is 36.9. The Balaban J connectivity index is 1.26. The predicted molar refractivity (Wildman–Crippen MR) is 115 cm³/mol. The number of fused-ring (bicyclic) bond motifs is 1. The molecule has 8 nitrogen and oxygen atoms in total. The third-order valence-electron chi connectivity index (χ3n) is 6.27. The Bertz CT molecular complexity index is 941. The highest BCUT2D eigenvalue weighted by atomic mass is 16.4. The quantitative estimate of drug-likeness (QED) is 0.598. The van der Waals surface area contributed by atoms with E-state index in [4.69, 9.17) is 4.98 Å². The van der Waals surface area contributed by atoms with Crippen LogP contribution < -0.4 is 10.6 Å². The Morgan fingerprint density at radius 3 is 2.77 bits per heavy atom. The van der Waals surface area contributed by atoms with Gasteiger partial charge in [-0.15, -0.1) is 0 Å². The van der Waals surface area contributed by atoms with Gasteiger partial charge in [-0.2, -0.15) is 0 Å². The van der Waals surface area contributed by atoms with Crippen LogP contribution in [0.5, 0.6) is 0 Å². The molecule has 0 saturated heterocycles. The summed E-state index contributed by atoms with van der Waals surface area (Å²) in [6, 6.07) is 3.68. The number of rotatable bonds is 8. The Labute approximate surface area is 181 Å². The van der Waals surface area contributed by atoms with Crippen LogP contribution in [0.25, 0.3) is 0 Å². The van der Waals surface area contributed by atoms with E-state index in [2.05, 4.69) is 32.7 Å². The van der Waals surface area contributed by atoms with Crippen molar-refractivity contribution >= 4 is 17.7 Å². The lowest BCUT2D eigenvalue weighted by Crippen LogP contribution is -2.41. The highest BCUT2D eigenvalue weighted by Gasteiger charge is 2.35. The molecule has 3 heterocycles. The Kier molecular flexibility index (Phi) is 6.44. The molecule has 1 saturated carbocycles. The van der Waals surface area contributed by atoms with Gasteiger partial charge in [-0.25, -0.2) is 15.0 Å². The first kappa shape index (κ1) is 21.2. The molecular weight excluding hydrogens is 394 g/mol. The van der Waals surface area contributed by atoms with Crippen LogP contribution >= 0.6 is 0 Å². The molecule has 2 aliphatic rings. The molecule has 0 radical (unpaired) electrons. The van der Waals surface area contributed by atoms with Crippen molar-refractivity contribution in [2.24, 2.45) is 11.8 Å². The van der Waals surface area contributed by atoms with Crippen LogP contribution in [0, 0.1) is 18.8 Å². The van der Waals surface area contributed by atoms with Crippen LogP contribution in [-0.2, 0) is 22.4 Å². The number of carboxylic acid groups (broad SMARTS) is 1. The van der Waals surface area contributed by atoms with E-state index in [-0.39, 0.29) is 18.2 Å². The number of nitrogens with zero attached hydrogens (tertiary/aromatic N) is 3. The summed E-state index contributed by atoms with van der Waals surface area (Å²) >= 11 is 0. The second-order valence-electron chi connectivity index (χ2n) is 8.64. The van der Waals surface area contributed by atoms with E-state index in [0.717, 1.165) is 56.6 Å². The minimum atomic E-state index is -0.968. The van der Waals surface area contributed by atoms with Gasteiger partial charge < -0.3 is 15.7 Å². The van der Waals surface area contributed by atoms with Crippen LogP contribution in [-0.4, -0.2) is 38.5 Å². The first-order chi connectivity index (χ1) is 15.0. The molecule has 0 bridgehead atoms. The molecule has 31 heavy (non-hydrogen) atoms. The monoisotopic (exact) mass is 423 g/mol. The molecule has 1 aliphatic heterocycles. The van der Waals surface area contributed by atoms with E-state index in [1.54, 1.807) is 19.3 Å². The van der Waals surface area contributed by atoms with Gasteiger partial charge in [0, 0.05) is 36.1 Å². The maximum absolute atomic E-state index is 12.7. The van der Waals surface area contributed by atoms with Gasteiger partial charge in [0.1, 0.15) is 11.6 Å². The largest absolute Gasteiger partial charge is 0.481 e. The van der Waals surface area contributed by atoms with Crippen molar-refractivity contribution in [3.05, 3.63) is 47.2 Å². The van der Waals surface area contributed by atoms with E-state index >= 15 is 0 Å². The van der Waals surface area contributed by atoms with E-state index < -0.39 is 12.0 Å². The third-order valence-corrected chi connectivity index (χ3v) is 6.27. The van der Waals surface area contributed by atoms with E-state index in [1.165, 1.54) is 5.56 Å². The van der Waals surface area contributed by atoms with Crippen molar-refractivity contribution in [3.8, 4) is 0 Å². The van der Waals surface area contributed by atoms with Gasteiger partial charge in [0.25, 0.3) is 0 Å². The van der Waals surface area contributed by atoms with Crippen LogP contribution in [0.2, 0.25) is 0 Å². The fourth-order valence-corrected chi connectivity index (χ4v) is 4.34. The van der Waals surface area contributed by atoms with E-state index in [0.29, 0.717) is 17.3 Å². The molecular formula is C23H29N5O3. The predicted octanol–water partition coefficient (Wildman–Crippen LogP) is 2.83. The minimum absolute atomic E-state index is 0.0641. The first-order valence-corrected chi connectivity index (χ1v) is 11.0. The molecule has 4 rings (SSSR count). The normalized spacial score (nSPS) is 20.7. The number of carbonyl (C=O) groups excluding carboxylic acids is 1. The topological polar surface area (TPSA) is 117 Å². The van der Waals surface area contributed by atoms with Crippen molar-refractivity contribution in [1.82, 2.24) is 20.3 Å². The zero-order valence-electron chi connectivity index (χ0n) is 17.8. The smallest absolute Gasteiger partial charge is 0.305 e. The lowest BCUT2D eigenvalue weighted by atomic mass is 9.72. The number of carboxylic acids is 1. The van der Waals surface area contributed by atoms with E-state index in [9.17, 15) is 14.7 Å². The lowest BCUT2D eigenvalue weighted by molar-refractivity contribution is -0.138. The van der Waals surface area contributed by atoms with E-state index in [1.807, 2.05) is 0 Å². The molecule has 1 amide bonds. The molecule has 8 heteroatoms. The summed E-state index contributed by atoms with van der Waals surface area (Å²) in [5.41, 5.74) is 3.01. The van der Waals surface area contributed by atoms with Crippen LogP contribution in [0.4, 0.5) is 5.82 Å². The van der Waals surface area contributed by atoms with Gasteiger partial charge >= 0.3 is 5.97 Å². The number of aryl methyl sites for hydroxylation is 3. The number of nitrogens with one attached hydrogen (secondary N) is 2. The summed E-state index contributed by atoms with van der Waals surface area (Å²) < 4.78 is 0. The van der Waals surface area contributed by atoms with Crippen molar-refractivity contribution in [1.29, 1.82) is 0 Å². The molecule has 0 spiro atoms. The molecule has 164 valence electrons. The molecule has 0 aromatic carbocycles. The number of hydrogen-bond acceptors (Lipinski definition) is 6. The van der Waals surface area contributed by atoms with Gasteiger partial charge in [-0.1, -0.05) is 6.07 Å². The molecule has 2 aromatic rings. The molecule has 1 fully saturated rings. The fourth-order valence-electron chi connectivity index (χ4n) is 4.34. The summed E-state index contributed by atoms with van der Waals surface area (Å²) in [7, 11) is 0. The van der Waals surface area contributed by atoms with Gasteiger partial charge in [0.15, 0.2) is 0 Å². The second-order valence-corrected chi connectivity index (χ2v) is 8.64. The summed E-state index contributed by atoms with van der Waals surface area (Å²) in [5.74, 6) is 1.02. The van der Waals surface area contributed by atoms with Gasteiger partial charge in [0.05, 0.1) is 12.5 Å². The van der Waals surface area contributed by atoms with Crippen LogP contribution in [0.3, 0.4) is 0 Å². The van der Waals surface area contributed by atoms with Crippen molar-refractivity contribution < 1.29 is 14.7 Å². The zero-order chi connectivity index (χ0) is 21.8. The number of hydrogen-bond donors (Lipinski definition) is 3. The number of anilines is 1. The van der Waals surface area contributed by atoms with Crippen molar-refractivity contribution in [2.75, 3.05) is 11.9 Å². The molecule has 3 N–H and O–H groups in total. The number of amides is 1. The van der Waals surface area contributed by atoms with Gasteiger partial charge in [-0.3, -0.25) is 9.59 Å². The third kappa shape index (κ3) is 5.37. The Morgan fingerprint density at radius 2 is 2.03 bits per heavy atom. The lowest BCUT2D eigenvalue weighted by Gasteiger charge is -2.35. The average Bonchev–Trinajstić information content (AvgIpc) is 2.72. The minimum Gasteiger partial charge on any atom is -0.481 e. The maximum atomic E-state index is 12.7. The molecule has 1 atom stereocenters. The summed E-state index contributed by atoms with van der Waals surface area (Å²) in [6.07, 6.45) is 8.82. The number of aromatic nitrogens is 3. The van der Waals surface area contributed by atoms with Gasteiger partial charge in [-0.05, 0) is 63.0 Å². The first-order valence-electron chi connectivity index (χ1n) is 11.0. The Hall–Kier alpha value is -3.03. The standard InChI is InChI=1S/C23H29N5O3/c1-14-25-12-18(13-26-14)20(11-21(29)30)28-23(31)17-9-15(10-17)4-6-19-7-5-16-3-2-8-24-22(16)27-19/h5,7,12-13,15,17,20H,2-4,6,8-11H2,1H3,(H,24,27)(H,28,31)(H,29,30). The average molecular weight is 424 g/mol. The summed E-state index contributed by atoms with van der Waals surface area (Å²) in [5, 5.41) is 15.5. The Morgan fingerprint density at radius 1 is 1.26 bits per heavy atom. The molecule has 2 aromatic heterocycles. The summed E-state index contributed by atoms with van der Waals surface area (Å²) in [6.45, 7) is 2.75. The number of aliphatic carboxylic acids is 1. The second kappa shape index (κ2) is 9.41. The molecule has 1 aliphatic carbocycles.